The zero-order valence-electron chi connectivity index (χ0n) is 17.8. The monoisotopic (exact) mass is 444 g/mol. The molecule has 0 fully saturated rings. The fraction of sp³-hybridized carbons (Fsp3) is 0.217. The van der Waals surface area contributed by atoms with Crippen molar-refractivity contribution in [2.24, 2.45) is 0 Å². The van der Waals surface area contributed by atoms with Crippen molar-refractivity contribution in [2.75, 3.05) is 18.6 Å². The van der Waals surface area contributed by atoms with Crippen molar-refractivity contribution in [1.29, 1.82) is 0 Å². The summed E-state index contributed by atoms with van der Waals surface area (Å²) in [6.07, 6.45) is 3.65. The number of hydrogen-bond donors (Lipinski definition) is 1. The van der Waals surface area contributed by atoms with E-state index in [1.54, 1.807) is 31.6 Å². The van der Waals surface area contributed by atoms with Gasteiger partial charge in [0.25, 0.3) is 11.7 Å². The van der Waals surface area contributed by atoms with Crippen molar-refractivity contribution in [3.8, 4) is 5.75 Å². The highest BCUT2D eigenvalue weighted by Gasteiger charge is 2.27. The molecule has 3 heterocycles. The third-order valence-corrected chi connectivity index (χ3v) is 5.35. The van der Waals surface area contributed by atoms with Crippen molar-refractivity contribution in [3.63, 3.8) is 0 Å². The second-order valence-electron chi connectivity index (χ2n) is 7.68. The van der Waals surface area contributed by atoms with E-state index in [2.05, 4.69) is 25.4 Å². The Bertz CT molecular complexity index is 1320. The molecule has 4 aromatic rings. The lowest BCUT2D eigenvalue weighted by Crippen LogP contribution is -2.44. The summed E-state index contributed by atoms with van der Waals surface area (Å²) in [6.45, 7) is 0.0960. The van der Waals surface area contributed by atoms with E-state index >= 15 is 0 Å². The molecule has 0 saturated heterocycles. The van der Waals surface area contributed by atoms with Crippen LogP contribution >= 0.6 is 0 Å². The molecular formula is C23H20N6O4. The Morgan fingerprint density at radius 2 is 1.91 bits per heavy atom. The summed E-state index contributed by atoms with van der Waals surface area (Å²) in [7, 11) is 1.66. The van der Waals surface area contributed by atoms with Crippen molar-refractivity contribution in [2.45, 2.75) is 18.9 Å². The summed E-state index contributed by atoms with van der Waals surface area (Å²) in [5.74, 6) is 0.0178. The Morgan fingerprint density at radius 1 is 1.15 bits per heavy atom. The van der Waals surface area contributed by atoms with E-state index in [1.807, 2.05) is 30.3 Å². The minimum absolute atomic E-state index is 0.0505. The van der Waals surface area contributed by atoms with Crippen LogP contribution in [-0.4, -0.2) is 51.6 Å². The summed E-state index contributed by atoms with van der Waals surface area (Å²) in [5.41, 5.74) is 2.90. The van der Waals surface area contributed by atoms with E-state index in [0.717, 1.165) is 5.56 Å². The number of carbonyl (C=O) groups is 2. The van der Waals surface area contributed by atoms with Crippen LogP contribution in [0.5, 0.6) is 5.75 Å². The highest BCUT2D eigenvalue weighted by Crippen LogP contribution is 2.33. The molecule has 0 bridgehead atoms. The first kappa shape index (κ1) is 20.6. The van der Waals surface area contributed by atoms with Crippen molar-refractivity contribution < 1.29 is 18.8 Å². The number of benzene rings is 2. The van der Waals surface area contributed by atoms with Crippen LogP contribution in [0.15, 0.2) is 59.4 Å². The first-order chi connectivity index (χ1) is 16.1. The van der Waals surface area contributed by atoms with Crippen molar-refractivity contribution >= 4 is 28.5 Å². The first-order valence-corrected chi connectivity index (χ1v) is 10.4. The number of hydrogen-bond acceptors (Lipinski definition) is 8. The van der Waals surface area contributed by atoms with E-state index in [9.17, 15) is 9.59 Å². The van der Waals surface area contributed by atoms with Crippen LogP contribution in [0.2, 0.25) is 0 Å². The molecule has 2 amide bonds. The minimum Gasteiger partial charge on any atom is -0.489 e. The number of ether oxygens (including phenoxy) is 1. The van der Waals surface area contributed by atoms with Crippen LogP contribution in [0.25, 0.3) is 11.0 Å². The number of aromatic nitrogens is 4. The van der Waals surface area contributed by atoms with Crippen LogP contribution < -0.4 is 15.0 Å². The second kappa shape index (κ2) is 8.65. The molecule has 1 aliphatic rings. The second-order valence-corrected chi connectivity index (χ2v) is 7.68. The van der Waals surface area contributed by atoms with Gasteiger partial charge in [-0.2, -0.15) is 4.98 Å². The third kappa shape index (κ3) is 4.36. The minimum atomic E-state index is -0.575. The highest BCUT2D eigenvalue weighted by molar-refractivity contribution is 5.98. The fourth-order valence-electron chi connectivity index (χ4n) is 3.62. The number of anilines is 1. The van der Waals surface area contributed by atoms with Gasteiger partial charge in [-0.3, -0.25) is 19.6 Å². The molecule has 1 aliphatic heterocycles. The molecular weight excluding hydrogens is 424 g/mol. The lowest BCUT2D eigenvalue weighted by Gasteiger charge is -2.28. The van der Waals surface area contributed by atoms with Gasteiger partial charge in [-0.15, -0.1) is 0 Å². The van der Waals surface area contributed by atoms with E-state index in [4.69, 9.17) is 9.26 Å². The van der Waals surface area contributed by atoms with Crippen molar-refractivity contribution in [3.05, 3.63) is 72.1 Å². The maximum atomic E-state index is 12.8. The molecule has 166 valence electrons. The zero-order chi connectivity index (χ0) is 22.8. The Morgan fingerprint density at radius 3 is 2.70 bits per heavy atom. The van der Waals surface area contributed by atoms with Gasteiger partial charge in [0.1, 0.15) is 12.4 Å². The topological polar surface area (TPSA) is 123 Å². The van der Waals surface area contributed by atoms with Crippen LogP contribution in [0.3, 0.4) is 0 Å². The molecule has 0 saturated carbocycles. The Labute approximate surface area is 188 Å². The number of fused-ring (bicyclic) bond motifs is 2. The molecule has 10 heteroatoms. The largest absolute Gasteiger partial charge is 0.489 e. The number of nitrogens with zero attached hydrogens (tertiary/aromatic N) is 5. The Hall–Kier alpha value is -4.34. The van der Waals surface area contributed by atoms with Gasteiger partial charge in [0, 0.05) is 25.5 Å². The van der Waals surface area contributed by atoms with Crippen LogP contribution in [0.4, 0.5) is 5.69 Å². The third-order valence-electron chi connectivity index (χ3n) is 5.35. The average molecular weight is 444 g/mol. The van der Waals surface area contributed by atoms with Crippen LogP contribution in [0, 0.1) is 0 Å². The predicted molar refractivity (Wildman–Crippen MR) is 118 cm³/mol. The van der Waals surface area contributed by atoms with Gasteiger partial charge in [-0.05, 0) is 11.6 Å². The predicted octanol–water partition coefficient (Wildman–Crippen LogP) is 2.15. The summed E-state index contributed by atoms with van der Waals surface area (Å²) in [6, 6.07) is 12.5. The van der Waals surface area contributed by atoms with E-state index in [-0.39, 0.29) is 24.8 Å². The van der Waals surface area contributed by atoms with Gasteiger partial charge in [-0.1, -0.05) is 35.5 Å². The molecule has 0 aliphatic carbocycles. The van der Waals surface area contributed by atoms with E-state index in [0.29, 0.717) is 34.8 Å². The van der Waals surface area contributed by atoms with Gasteiger partial charge < -0.3 is 19.5 Å². The van der Waals surface area contributed by atoms with Crippen molar-refractivity contribution in [1.82, 2.24) is 25.4 Å². The molecule has 1 N–H and O–H groups in total. The van der Waals surface area contributed by atoms with Gasteiger partial charge in [0.2, 0.25) is 11.8 Å². The van der Waals surface area contributed by atoms with Crippen LogP contribution in [0.1, 0.15) is 28.5 Å². The van der Waals surface area contributed by atoms with Crippen LogP contribution in [-0.2, 0) is 11.2 Å². The number of rotatable bonds is 4. The zero-order valence-corrected chi connectivity index (χ0v) is 17.8. The lowest BCUT2D eigenvalue weighted by molar-refractivity contribution is -0.119. The molecule has 0 unspecified atom stereocenters. The molecule has 1 atom stereocenters. The average Bonchev–Trinajstić information content (AvgIpc) is 3.30. The van der Waals surface area contributed by atoms with E-state index < -0.39 is 11.9 Å². The smallest absolute Gasteiger partial charge is 0.293 e. The molecule has 5 rings (SSSR count). The van der Waals surface area contributed by atoms with Gasteiger partial charge in [-0.25, -0.2) is 0 Å². The Kier molecular flexibility index (Phi) is 5.39. The summed E-state index contributed by atoms with van der Waals surface area (Å²) in [5, 5.41) is 6.55. The highest BCUT2D eigenvalue weighted by atomic mass is 16.5. The molecule has 33 heavy (non-hydrogen) atoms. The molecule has 2 aromatic heterocycles. The molecule has 2 aromatic carbocycles. The molecule has 0 spiro atoms. The van der Waals surface area contributed by atoms with Gasteiger partial charge in [0.15, 0.2) is 0 Å². The maximum Gasteiger partial charge on any atom is 0.293 e. The Balaban J connectivity index is 1.30. The fourth-order valence-corrected chi connectivity index (χ4v) is 3.62. The normalized spacial score (nSPS) is 16.0. The summed E-state index contributed by atoms with van der Waals surface area (Å²) >= 11 is 0. The first-order valence-electron chi connectivity index (χ1n) is 10.4. The van der Waals surface area contributed by atoms with E-state index in [1.165, 1.54) is 4.90 Å². The summed E-state index contributed by atoms with van der Waals surface area (Å²) in [4.78, 5) is 39.8. The summed E-state index contributed by atoms with van der Waals surface area (Å²) < 4.78 is 11.2. The number of amides is 2. The number of carbonyl (C=O) groups excluding carboxylic acids is 2. The van der Waals surface area contributed by atoms with Gasteiger partial charge >= 0.3 is 0 Å². The van der Waals surface area contributed by atoms with Gasteiger partial charge in [0.05, 0.1) is 35.6 Å². The maximum absolute atomic E-state index is 12.8. The SMILES string of the molecule is CN1C(=O)C[C@@H](NC(=O)c2noc(Cc3ccccc3)n2)COc2cc3nccnc3cc21. The molecule has 0 radical (unpaired) electrons. The number of nitrogens with one attached hydrogen (secondary N) is 1. The standard InChI is InChI=1S/C23H20N6O4/c1-29-18-11-16-17(25-8-7-24-16)12-19(18)32-13-15(10-21(29)30)26-23(31)22-27-20(33-28-22)9-14-5-3-2-4-6-14/h2-8,11-12,15H,9-10,13H2,1H3,(H,26,31)/t15-/m1/s1. The quantitative estimate of drug-likeness (QED) is 0.508. The lowest BCUT2D eigenvalue weighted by atomic mass is 10.1. The molecule has 10 nitrogen and oxygen atoms in total.